The van der Waals surface area contributed by atoms with Crippen LogP contribution in [-0.4, -0.2) is 58.8 Å². The van der Waals surface area contributed by atoms with Gasteiger partial charge in [0.15, 0.2) is 0 Å². The summed E-state index contributed by atoms with van der Waals surface area (Å²) in [6, 6.07) is 21.0. The number of esters is 1. The Morgan fingerprint density at radius 2 is 1.60 bits per heavy atom. The topological polar surface area (TPSA) is 114 Å². The van der Waals surface area contributed by atoms with Crippen molar-refractivity contribution in [2.24, 2.45) is 0 Å². The van der Waals surface area contributed by atoms with Gasteiger partial charge in [0.05, 0.1) is 6.04 Å². The van der Waals surface area contributed by atoms with Crippen molar-refractivity contribution in [2.45, 2.75) is 51.4 Å². The van der Waals surface area contributed by atoms with Crippen LogP contribution in [0.15, 0.2) is 78.9 Å². The minimum Gasteiger partial charge on any atom is -0.508 e. The standard InChI is InChI=1S/C31H34N2O7/c1-31(2,3)40-30(37)33-19-9-14-27(25(20-33)32-28(35)21-15-17-22(34)18-16-21)39-29(36)24-12-7-8-13-26(24)38-23-10-5-4-6-11-23/h4-8,10-13,15-18,25,27,34H,9,14,19-20H2,1-3H3,(H,32,35)/t25-,27-/m1/s1. The van der Waals surface area contributed by atoms with Gasteiger partial charge in [-0.2, -0.15) is 0 Å². The molecule has 0 aromatic heterocycles. The fourth-order valence-corrected chi connectivity index (χ4v) is 4.31. The number of nitrogens with zero attached hydrogens (tertiary/aromatic N) is 1. The maximum absolute atomic E-state index is 13.4. The molecule has 0 spiro atoms. The summed E-state index contributed by atoms with van der Waals surface area (Å²) in [6.07, 6.45) is -0.297. The molecule has 0 radical (unpaired) electrons. The lowest BCUT2D eigenvalue weighted by molar-refractivity contribution is 0.0126. The van der Waals surface area contributed by atoms with Crippen LogP contribution < -0.4 is 10.1 Å². The quantitative estimate of drug-likeness (QED) is 0.390. The zero-order chi connectivity index (χ0) is 28.7. The molecule has 3 aromatic rings. The van der Waals surface area contributed by atoms with E-state index in [-0.39, 0.29) is 17.9 Å². The molecule has 2 atom stereocenters. The average molecular weight is 547 g/mol. The molecule has 0 bridgehead atoms. The van der Waals surface area contributed by atoms with Gasteiger partial charge in [-0.25, -0.2) is 9.59 Å². The van der Waals surface area contributed by atoms with Crippen molar-refractivity contribution in [3.05, 3.63) is 90.0 Å². The van der Waals surface area contributed by atoms with E-state index in [9.17, 15) is 19.5 Å². The summed E-state index contributed by atoms with van der Waals surface area (Å²) >= 11 is 0. The molecule has 1 aliphatic rings. The van der Waals surface area contributed by atoms with Gasteiger partial charge in [0.2, 0.25) is 0 Å². The largest absolute Gasteiger partial charge is 0.508 e. The van der Waals surface area contributed by atoms with E-state index < -0.39 is 35.7 Å². The first kappa shape index (κ1) is 28.5. The maximum atomic E-state index is 13.4. The van der Waals surface area contributed by atoms with Gasteiger partial charge in [-0.15, -0.1) is 0 Å². The molecule has 2 N–H and O–H groups in total. The fourth-order valence-electron chi connectivity index (χ4n) is 4.31. The summed E-state index contributed by atoms with van der Waals surface area (Å²) in [5, 5.41) is 12.5. The Kier molecular flexibility index (Phi) is 8.93. The normalized spacial score (nSPS) is 17.3. The number of ether oxygens (including phenoxy) is 3. The van der Waals surface area contributed by atoms with Gasteiger partial charge in [0.25, 0.3) is 5.91 Å². The van der Waals surface area contributed by atoms with Crippen LogP contribution in [0.1, 0.15) is 54.3 Å². The Morgan fingerprint density at radius 3 is 2.30 bits per heavy atom. The number of phenolic OH excluding ortho intramolecular Hbond substituents is 1. The van der Waals surface area contributed by atoms with E-state index >= 15 is 0 Å². The summed E-state index contributed by atoms with van der Waals surface area (Å²) in [7, 11) is 0. The highest BCUT2D eigenvalue weighted by Crippen LogP contribution is 2.27. The number of hydrogen-bond donors (Lipinski definition) is 2. The number of carbonyl (C=O) groups is 3. The van der Waals surface area contributed by atoms with Gasteiger partial charge in [-0.05, 0) is 82.1 Å². The second-order valence-electron chi connectivity index (χ2n) is 10.6. The molecule has 0 saturated carbocycles. The number of amides is 2. The molecule has 1 saturated heterocycles. The van der Waals surface area contributed by atoms with Crippen molar-refractivity contribution in [3.8, 4) is 17.2 Å². The van der Waals surface area contributed by atoms with Crippen LogP contribution in [-0.2, 0) is 9.47 Å². The lowest BCUT2D eigenvalue weighted by Gasteiger charge is -2.30. The number of para-hydroxylation sites is 2. The molecular weight excluding hydrogens is 512 g/mol. The van der Waals surface area contributed by atoms with E-state index in [0.29, 0.717) is 36.4 Å². The predicted octanol–water partition coefficient (Wildman–Crippen LogP) is 5.54. The Labute approximate surface area is 233 Å². The van der Waals surface area contributed by atoms with Crippen molar-refractivity contribution in [2.75, 3.05) is 13.1 Å². The van der Waals surface area contributed by atoms with Crippen molar-refractivity contribution < 1.29 is 33.7 Å². The van der Waals surface area contributed by atoms with Crippen molar-refractivity contribution in [1.82, 2.24) is 10.2 Å². The number of nitrogens with one attached hydrogen (secondary N) is 1. The highest BCUT2D eigenvalue weighted by Gasteiger charge is 2.35. The molecular formula is C31H34N2O7. The van der Waals surface area contributed by atoms with Gasteiger partial charge in [0, 0.05) is 18.7 Å². The predicted molar refractivity (Wildman–Crippen MR) is 149 cm³/mol. The molecule has 210 valence electrons. The molecule has 2 amide bonds. The SMILES string of the molecule is CC(C)(C)OC(=O)N1CCC[C@@H](OC(=O)c2ccccc2Oc2ccccc2)[C@H](NC(=O)c2ccc(O)cc2)C1. The van der Waals surface area contributed by atoms with Gasteiger partial charge in [-0.3, -0.25) is 4.79 Å². The number of hydrogen-bond acceptors (Lipinski definition) is 7. The zero-order valence-electron chi connectivity index (χ0n) is 22.8. The Balaban J connectivity index is 1.56. The third-order valence-electron chi connectivity index (χ3n) is 6.22. The van der Waals surface area contributed by atoms with Crippen LogP contribution in [0, 0.1) is 0 Å². The van der Waals surface area contributed by atoms with Crippen LogP contribution in [0.4, 0.5) is 4.79 Å². The summed E-state index contributed by atoms with van der Waals surface area (Å²) in [5.74, 6) is -0.0852. The summed E-state index contributed by atoms with van der Waals surface area (Å²) in [6.45, 7) is 5.81. The van der Waals surface area contributed by atoms with Crippen LogP contribution in [0.25, 0.3) is 0 Å². The molecule has 1 aliphatic heterocycles. The summed E-state index contributed by atoms with van der Waals surface area (Å²) in [5.41, 5.74) is -0.136. The third kappa shape index (κ3) is 7.75. The smallest absolute Gasteiger partial charge is 0.410 e. The lowest BCUT2D eigenvalue weighted by Crippen LogP contribution is -2.51. The van der Waals surface area contributed by atoms with E-state index in [2.05, 4.69) is 5.32 Å². The molecule has 4 rings (SSSR count). The van der Waals surface area contributed by atoms with Crippen molar-refractivity contribution in [1.29, 1.82) is 0 Å². The number of likely N-dealkylation sites (tertiary alicyclic amines) is 1. The number of benzene rings is 3. The van der Waals surface area contributed by atoms with Gasteiger partial charge >= 0.3 is 12.1 Å². The summed E-state index contributed by atoms with van der Waals surface area (Å²) in [4.78, 5) is 41.0. The number of aromatic hydroxyl groups is 1. The minimum absolute atomic E-state index is 0.0327. The van der Waals surface area contributed by atoms with E-state index in [0.717, 1.165) is 0 Å². The molecule has 9 heteroatoms. The number of rotatable bonds is 6. The molecule has 40 heavy (non-hydrogen) atoms. The second-order valence-corrected chi connectivity index (χ2v) is 10.6. The molecule has 1 heterocycles. The second kappa shape index (κ2) is 12.5. The first-order valence-electron chi connectivity index (χ1n) is 13.2. The minimum atomic E-state index is -0.731. The van der Waals surface area contributed by atoms with Crippen LogP contribution in [0.2, 0.25) is 0 Å². The maximum Gasteiger partial charge on any atom is 0.410 e. The Hall–Kier alpha value is -4.53. The Morgan fingerprint density at radius 1 is 0.925 bits per heavy atom. The van der Waals surface area contributed by atoms with Crippen molar-refractivity contribution >= 4 is 18.0 Å². The van der Waals surface area contributed by atoms with Gasteiger partial charge in [0.1, 0.15) is 34.5 Å². The van der Waals surface area contributed by atoms with Crippen LogP contribution in [0.3, 0.4) is 0 Å². The van der Waals surface area contributed by atoms with Crippen LogP contribution in [0.5, 0.6) is 17.2 Å². The van der Waals surface area contributed by atoms with E-state index in [1.807, 2.05) is 18.2 Å². The molecule has 3 aromatic carbocycles. The van der Waals surface area contributed by atoms with E-state index in [1.54, 1.807) is 57.2 Å². The first-order chi connectivity index (χ1) is 19.1. The number of carbonyl (C=O) groups excluding carboxylic acids is 3. The van der Waals surface area contributed by atoms with Crippen LogP contribution >= 0.6 is 0 Å². The van der Waals surface area contributed by atoms with Gasteiger partial charge in [-0.1, -0.05) is 30.3 Å². The molecule has 9 nitrogen and oxygen atoms in total. The first-order valence-corrected chi connectivity index (χ1v) is 13.2. The lowest BCUT2D eigenvalue weighted by atomic mass is 10.1. The zero-order valence-corrected chi connectivity index (χ0v) is 22.8. The third-order valence-corrected chi connectivity index (χ3v) is 6.22. The molecule has 0 aliphatic carbocycles. The Bertz CT molecular complexity index is 1320. The van der Waals surface area contributed by atoms with E-state index in [4.69, 9.17) is 14.2 Å². The molecule has 0 unspecified atom stereocenters. The number of phenols is 1. The monoisotopic (exact) mass is 546 g/mol. The fraction of sp³-hybridized carbons (Fsp3) is 0.323. The average Bonchev–Trinajstić information content (AvgIpc) is 3.11. The van der Waals surface area contributed by atoms with Crippen molar-refractivity contribution in [3.63, 3.8) is 0 Å². The highest BCUT2D eigenvalue weighted by molar-refractivity contribution is 5.95. The molecule has 1 fully saturated rings. The highest BCUT2D eigenvalue weighted by atomic mass is 16.6. The van der Waals surface area contributed by atoms with Gasteiger partial charge < -0.3 is 29.5 Å². The summed E-state index contributed by atoms with van der Waals surface area (Å²) < 4.78 is 17.5. The van der Waals surface area contributed by atoms with E-state index in [1.165, 1.54) is 29.2 Å².